The number of hydrogen-bond donors (Lipinski definition) is 0. The Morgan fingerprint density at radius 3 is 2.19 bits per heavy atom. The highest BCUT2D eigenvalue weighted by Gasteiger charge is 2.50. The molecule has 4 aliphatic carbocycles. The second-order valence-electron chi connectivity index (χ2n) is 8.83. The molecule has 0 unspecified atom stereocenters. The molecule has 6 heteroatoms. The van der Waals surface area contributed by atoms with Crippen LogP contribution in [0.1, 0.15) is 57.8 Å². The number of unbranched alkanes of at least 4 members (excludes halogenated alkanes) is 1. The van der Waals surface area contributed by atoms with Gasteiger partial charge in [0.2, 0.25) is 0 Å². The van der Waals surface area contributed by atoms with Crippen LogP contribution in [0.15, 0.2) is 24.3 Å². The summed E-state index contributed by atoms with van der Waals surface area (Å²) < 4.78 is 10.2. The lowest BCUT2D eigenvalue weighted by molar-refractivity contribution is -0.384. The van der Waals surface area contributed by atoms with Gasteiger partial charge in [0.1, 0.15) is 5.75 Å². The van der Waals surface area contributed by atoms with Gasteiger partial charge in [0.05, 0.1) is 11.5 Å². The van der Waals surface area contributed by atoms with Gasteiger partial charge >= 0.3 is 6.16 Å². The summed E-state index contributed by atoms with van der Waals surface area (Å²) in [6, 6.07) is 5.39. The van der Waals surface area contributed by atoms with Crippen molar-refractivity contribution in [2.75, 3.05) is 6.61 Å². The van der Waals surface area contributed by atoms with Crippen LogP contribution in [-0.4, -0.2) is 17.7 Å². The van der Waals surface area contributed by atoms with Crippen LogP contribution in [0.4, 0.5) is 10.5 Å². The molecule has 0 atom stereocenters. The highest BCUT2D eigenvalue weighted by molar-refractivity contribution is 5.63. The Balaban J connectivity index is 1.15. The van der Waals surface area contributed by atoms with E-state index in [1.165, 1.54) is 69.2 Å². The zero-order valence-electron chi connectivity index (χ0n) is 15.6. The maximum absolute atomic E-state index is 11.7. The van der Waals surface area contributed by atoms with Crippen molar-refractivity contribution >= 4 is 11.8 Å². The van der Waals surface area contributed by atoms with E-state index in [2.05, 4.69) is 0 Å². The lowest BCUT2D eigenvalue weighted by Gasteiger charge is -2.57. The number of nitrogens with zero attached hydrogens (tertiary/aromatic N) is 1. The fourth-order valence-electron chi connectivity index (χ4n) is 6.12. The largest absolute Gasteiger partial charge is 0.513 e. The van der Waals surface area contributed by atoms with Crippen molar-refractivity contribution < 1.29 is 19.2 Å². The van der Waals surface area contributed by atoms with Gasteiger partial charge in [0.15, 0.2) is 0 Å². The number of carbonyl (C=O) groups is 1. The van der Waals surface area contributed by atoms with Crippen LogP contribution < -0.4 is 4.74 Å². The minimum atomic E-state index is -0.751. The number of hydrogen-bond acceptors (Lipinski definition) is 5. The molecule has 0 amide bonds. The summed E-state index contributed by atoms with van der Waals surface area (Å²) in [5, 5.41) is 10.6. The molecule has 146 valence electrons. The first kappa shape index (κ1) is 18.3. The zero-order chi connectivity index (χ0) is 18.9. The Hall–Kier alpha value is -2.11. The normalized spacial score (nSPS) is 30.9. The first-order valence-corrected chi connectivity index (χ1v) is 10.1. The molecule has 0 N–H and O–H groups in total. The minimum absolute atomic E-state index is 0.0413. The third kappa shape index (κ3) is 4.25. The molecule has 1 aromatic carbocycles. The molecule has 27 heavy (non-hydrogen) atoms. The van der Waals surface area contributed by atoms with Crippen molar-refractivity contribution in [1.82, 2.24) is 0 Å². The molecule has 4 saturated carbocycles. The van der Waals surface area contributed by atoms with Crippen molar-refractivity contribution in [2.24, 2.45) is 23.2 Å². The van der Waals surface area contributed by atoms with Gasteiger partial charge < -0.3 is 9.47 Å². The Labute approximate surface area is 159 Å². The first-order valence-electron chi connectivity index (χ1n) is 10.1. The molecule has 0 heterocycles. The lowest BCUT2D eigenvalue weighted by Crippen LogP contribution is -2.45. The quantitative estimate of drug-likeness (QED) is 0.207. The second kappa shape index (κ2) is 7.49. The molecule has 1 aromatic rings. The summed E-state index contributed by atoms with van der Waals surface area (Å²) in [5.74, 6) is 3.18. The predicted octanol–water partition coefficient (Wildman–Crippen LogP) is 5.50. The highest BCUT2D eigenvalue weighted by Crippen LogP contribution is 2.61. The Bertz CT molecular complexity index is 664. The van der Waals surface area contributed by atoms with Crippen LogP contribution in [0.25, 0.3) is 0 Å². The van der Waals surface area contributed by atoms with Crippen LogP contribution in [0.2, 0.25) is 0 Å². The number of carbonyl (C=O) groups excluding carboxylic acids is 1. The van der Waals surface area contributed by atoms with Gasteiger partial charge in [-0.3, -0.25) is 10.1 Å². The molecule has 0 spiro atoms. The summed E-state index contributed by atoms with van der Waals surface area (Å²) in [6.45, 7) is 0.359. The number of non-ortho nitro benzene ring substituents is 1. The summed E-state index contributed by atoms with van der Waals surface area (Å²) in [7, 11) is 0. The van der Waals surface area contributed by atoms with Gasteiger partial charge in [-0.15, -0.1) is 0 Å². The van der Waals surface area contributed by atoms with Gasteiger partial charge in [-0.2, -0.15) is 0 Å². The number of ether oxygens (including phenoxy) is 2. The van der Waals surface area contributed by atoms with E-state index in [0.717, 1.165) is 30.6 Å². The maximum Gasteiger partial charge on any atom is 0.513 e. The van der Waals surface area contributed by atoms with Crippen molar-refractivity contribution in [1.29, 1.82) is 0 Å². The van der Waals surface area contributed by atoms with E-state index in [9.17, 15) is 14.9 Å². The van der Waals surface area contributed by atoms with Gasteiger partial charge in [0.25, 0.3) is 5.69 Å². The Morgan fingerprint density at radius 2 is 1.63 bits per heavy atom. The van der Waals surface area contributed by atoms with E-state index in [-0.39, 0.29) is 11.4 Å². The van der Waals surface area contributed by atoms with Crippen LogP contribution in [0.5, 0.6) is 5.75 Å². The average Bonchev–Trinajstić information content (AvgIpc) is 2.60. The molecule has 4 bridgehead atoms. The zero-order valence-corrected chi connectivity index (χ0v) is 15.6. The maximum atomic E-state index is 11.7. The molecular weight excluding hydrogens is 346 g/mol. The summed E-state index contributed by atoms with van der Waals surface area (Å²) in [4.78, 5) is 21.9. The highest BCUT2D eigenvalue weighted by atomic mass is 16.7. The van der Waals surface area contributed by atoms with Crippen LogP contribution in [-0.2, 0) is 4.74 Å². The summed E-state index contributed by atoms with van der Waals surface area (Å²) in [5.41, 5.74) is 0.536. The van der Waals surface area contributed by atoms with Crippen LogP contribution >= 0.6 is 0 Å². The SMILES string of the molecule is O=C(OCCCCC12CC3CC(CC(C3)C1)C2)Oc1ccc([N+](=O)[O-])cc1. The van der Waals surface area contributed by atoms with E-state index in [1.807, 2.05) is 0 Å². The van der Waals surface area contributed by atoms with Crippen molar-refractivity contribution in [3.05, 3.63) is 34.4 Å². The number of rotatable bonds is 7. The number of nitro groups is 1. The van der Waals surface area contributed by atoms with E-state index < -0.39 is 11.1 Å². The summed E-state index contributed by atoms with van der Waals surface area (Å²) in [6.07, 6.45) is 11.1. The van der Waals surface area contributed by atoms with Crippen LogP contribution in [0.3, 0.4) is 0 Å². The van der Waals surface area contributed by atoms with E-state index in [1.54, 1.807) is 0 Å². The molecule has 0 aromatic heterocycles. The van der Waals surface area contributed by atoms with E-state index in [0.29, 0.717) is 12.0 Å². The summed E-state index contributed by atoms with van der Waals surface area (Å²) >= 11 is 0. The Kier molecular flexibility index (Phi) is 5.06. The molecule has 0 saturated heterocycles. The van der Waals surface area contributed by atoms with Crippen molar-refractivity contribution in [3.63, 3.8) is 0 Å². The molecule has 0 radical (unpaired) electrons. The monoisotopic (exact) mass is 373 g/mol. The topological polar surface area (TPSA) is 78.7 Å². The third-order valence-corrected chi connectivity index (χ3v) is 6.74. The smallest absolute Gasteiger partial charge is 0.434 e. The fourth-order valence-corrected chi connectivity index (χ4v) is 6.12. The van der Waals surface area contributed by atoms with Gasteiger partial charge in [-0.25, -0.2) is 4.79 Å². The van der Waals surface area contributed by atoms with Gasteiger partial charge in [0, 0.05) is 12.1 Å². The number of nitro benzene ring substituents is 1. The van der Waals surface area contributed by atoms with Crippen LogP contribution in [0, 0.1) is 33.3 Å². The van der Waals surface area contributed by atoms with Crippen molar-refractivity contribution in [2.45, 2.75) is 57.8 Å². The van der Waals surface area contributed by atoms with Crippen molar-refractivity contribution in [3.8, 4) is 5.75 Å². The van der Waals surface area contributed by atoms with Gasteiger partial charge in [-0.1, -0.05) is 0 Å². The van der Waals surface area contributed by atoms with Gasteiger partial charge in [-0.05, 0) is 93.1 Å². The third-order valence-electron chi connectivity index (χ3n) is 6.74. The molecular formula is C21H27NO5. The first-order chi connectivity index (χ1) is 13.0. The molecule has 5 rings (SSSR count). The predicted molar refractivity (Wildman–Crippen MR) is 99.5 cm³/mol. The van der Waals surface area contributed by atoms with E-state index in [4.69, 9.17) is 9.47 Å². The molecule has 6 nitrogen and oxygen atoms in total. The van der Waals surface area contributed by atoms with E-state index >= 15 is 0 Å². The number of benzene rings is 1. The molecule has 4 fully saturated rings. The Morgan fingerprint density at radius 1 is 1.04 bits per heavy atom. The average molecular weight is 373 g/mol. The fraction of sp³-hybridized carbons (Fsp3) is 0.667. The standard InChI is InChI=1S/C21H27NO5/c23-20(27-19-5-3-18(4-6-19)22(24)25)26-8-2-1-7-21-12-15-9-16(13-21)11-17(10-15)14-21/h3-6,15-17H,1-2,7-14H2. The molecule has 0 aliphatic heterocycles. The minimum Gasteiger partial charge on any atom is -0.434 e. The molecule has 4 aliphatic rings. The lowest BCUT2D eigenvalue weighted by atomic mass is 9.48. The second-order valence-corrected chi connectivity index (χ2v) is 8.83.